The second kappa shape index (κ2) is 11.0. The molecule has 1 aliphatic carbocycles. The molecule has 1 fully saturated rings. The first-order valence-corrected chi connectivity index (χ1v) is 12.8. The van der Waals surface area contributed by atoms with Crippen molar-refractivity contribution in [3.05, 3.63) is 34.9 Å². The Labute approximate surface area is 211 Å². The molecule has 2 rings (SSSR count). The lowest BCUT2D eigenvalue weighted by atomic mass is 9.92. The Morgan fingerprint density at radius 2 is 1.69 bits per heavy atom. The van der Waals surface area contributed by atoms with Crippen LogP contribution in [0.5, 0.6) is 0 Å². The molecule has 0 spiro atoms. The fourth-order valence-electron chi connectivity index (χ4n) is 4.07. The number of carbonyl (C=O) groups is 3. The third-order valence-electron chi connectivity index (χ3n) is 6.31. The van der Waals surface area contributed by atoms with Gasteiger partial charge in [0.25, 0.3) is 0 Å². The van der Waals surface area contributed by atoms with Crippen LogP contribution in [0.3, 0.4) is 0 Å². The molecular weight excluding hydrogens is 442 g/mol. The van der Waals surface area contributed by atoms with Gasteiger partial charge in [-0.1, -0.05) is 38.5 Å². The highest BCUT2D eigenvalue weighted by atomic mass is 16.6. The van der Waals surface area contributed by atoms with Crippen molar-refractivity contribution in [3.8, 4) is 0 Å². The monoisotopic (exact) mass is 487 g/mol. The molecule has 0 bridgehead atoms. The van der Waals surface area contributed by atoms with Crippen molar-refractivity contribution in [2.24, 2.45) is 5.92 Å². The Morgan fingerprint density at radius 3 is 2.17 bits per heavy atom. The van der Waals surface area contributed by atoms with Crippen molar-refractivity contribution in [2.75, 3.05) is 0 Å². The molecule has 0 saturated heterocycles. The average Bonchev–Trinajstić information content (AvgIpc) is 3.54. The van der Waals surface area contributed by atoms with Crippen LogP contribution >= 0.6 is 0 Å². The lowest BCUT2D eigenvalue weighted by Gasteiger charge is -2.38. The molecule has 1 aliphatic rings. The van der Waals surface area contributed by atoms with E-state index < -0.39 is 29.3 Å². The summed E-state index contributed by atoms with van der Waals surface area (Å²) in [5.41, 5.74) is 1.71. The van der Waals surface area contributed by atoms with Crippen molar-refractivity contribution in [2.45, 2.75) is 118 Å². The van der Waals surface area contributed by atoms with Gasteiger partial charge in [-0.15, -0.1) is 0 Å². The number of aryl methyl sites for hydroxylation is 1. The molecule has 0 heterocycles. The molecule has 1 saturated carbocycles. The van der Waals surface area contributed by atoms with E-state index >= 15 is 0 Å². The Hall–Kier alpha value is -2.57. The number of carbonyl (C=O) groups excluding carboxylic acids is 3. The van der Waals surface area contributed by atoms with Crippen LogP contribution in [0.1, 0.15) is 97.4 Å². The van der Waals surface area contributed by atoms with Crippen LogP contribution in [0.15, 0.2) is 18.2 Å². The molecule has 3 amide bonds. The van der Waals surface area contributed by atoms with Crippen molar-refractivity contribution >= 4 is 17.9 Å². The summed E-state index contributed by atoms with van der Waals surface area (Å²) in [6, 6.07) is 4.22. The predicted molar refractivity (Wildman–Crippen MR) is 139 cm³/mol. The van der Waals surface area contributed by atoms with E-state index in [1.54, 1.807) is 25.7 Å². The smallest absolute Gasteiger partial charge is 0.408 e. The third-order valence-corrected chi connectivity index (χ3v) is 6.31. The number of hydrogen-bond acceptors (Lipinski definition) is 4. The highest BCUT2D eigenvalue weighted by Crippen LogP contribution is 2.38. The molecule has 196 valence electrons. The van der Waals surface area contributed by atoms with Gasteiger partial charge in [0.2, 0.25) is 11.8 Å². The number of nitrogens with zero attached hydrogens (tertiary/aromatic N) is 1. The first kappa shape index (κ1) is 28.7. The number of hydrogen-bond donors (Lipinski definition) is 2. The standard InChI is InChI=1S/C28H45N3O4/c1-11-17(2)22(29-26(34)35-28(8,9)10)25(33)31(20-15-16-20)23(24(32)30-27(5,6)7)21-14-12-13-18(3)19(21)4/h12-14,17,20,22-23H,11,15-16H2,1-10H3,(H,29,34)(H,30,32). The Morgan fingerprint density at radius 1 is 1.09 bits per heavy atom. The van der Waals surface area contributed by atoms with Crippen molar-refractivity contribution < 1.29 is 19.1 Å². The summed E-state index contributed by atoms with van der Waals surface area (Å²) >= 11 is 0. The van der Waals surface area contributed by atoms with Gasteiger partial charge in [-0.2, -0.15) is 0 Å². The summed E-state index contributed by atoms with van der Waals surface area (Å²) in [6.07, 6.45) is 1.72. The largest absolute Gasteiger partial charge is 0.444 e. The van der Waals surface area contributed by atoms with Crippen LogP contribution in [0.4, 0.5) is 4.79 Å². The zero-order valence-electron chi connectivity index (χ0n) is 23.2. The lowest BCUT2D eigenvalue weighted by molar-refractivity contribution is -0.144. The maximum atomic E-state index is 14.2. The van der Waals surface area contributed by atoms with E-state index in [2.05, 4.69) is 10.6 Å². The van der Waals surface area contributed by atoms with Gasteiger partial charge in [0.1, 0.15) is 17.7 Å². The van der Waals surface area contributed by atoms with Crippen LogP contribution in [0.2, 0.25) is 0 Å². The van der Waals surface area contributed by atoms with Crippen molar-refractivity contribution in [3.63, 3.8) is 0 Å². The fraction of sp³-hybridized carbons (Fsp3) is 0.679. The summed E-state index contributed by atoms with van der Waals surface area (Å²) in [5, 5.41) is 5.91. The molecule has 1 aromatic rings. The first-order valence-electron chi connectivity index (χ1n) is 12.8. The van der Waals surface area contributed by atoms with Crippen LogP contribution in [0, 0.1) is 19.8 Å². The second-order valence-corrected chi connectivity index (χ2v) is 11.9. The molecule has 2 N–H and O–H groups in total. The fourth-order valence-corrected chi connectivity index (χ4v) is 4.07. The van der Waals surface area contributed by atoms with E-state index in [1.807, 2.05) is 66.7 Å². The topological polar surface area (TPSA) is 87.7 Å². The van der Waals surface area contributed by atoms with Crippen LogP contribution in [-0.2, 0) is 14.3 Å². The molecule has 0 aliphatic heterocycles. The number of ether oxygens (including phenoxy) is 1. The van der Waals surface area contributed by atoms with E-state index in [1.165, 1.54) is 0 Å². The van der Waals surface area contributed by atoms with Crippen molar-refractivity contribution in [1.29, 1.82) is 0 Å². The minimum absolute atomic E-state index is 0.0508. The van der Waals surface area contributed by atoms with Gasteiger partial charge < -0.3 is 20.3 Å². The molecule has 7 heteroatoms. The van der Waals surface area contributed by atoms with E-state index in [-0.39, 0.29) is 23.8 Å². The molecule has 1 aromatic carbocycles. The number of rotatable bonds is 8. The van der Waals surface area contributed by atoms with E-state index in [0.717, 1.165) is 29.5 Å². The SMILES string of the molecule is CCC(C)C(NC(=O)OC(C)(C)C)C(=O)N(C1CC1)C(C(=O)NC(C)(C)C)c1cccc(C)c1C. The summed E-state index contributed by atoms with van der Waals surface area (Å²) in [4.78, 5) is 42.3. The number of benzene rings is 1. The third kappa shape index (κ3) is 7.97. The summed E-state index contributed by atoms with van der Waals surface area (Å²) in [6.45, 7) is 19.1. The maximum Gasteiger partial charge on any atom is 0.408 e. The van der Waals surface area contributed by atoms with E-state index in [9.17, 15) is 14.4 Å². The molecule has 3 unspecified atom stereocenters. The first-order chi connectivity index (χ1) is 16.1. The zero-order valence-corrected chi connectivity index (χ0v) is 23.2. The molecular formula is C28H45N3O4. The highest BCUT2D eigenvalue weighted by molar-refractivity contribution is 5.93. The molecule has 3 atom stereocenters. The normalized spacial score (nSPS) is 16.6. The van der Waals surface area contributed by atoms with Gasteiger partial charge in [-0.3, -0.25) is 9.59 Å². The van der Waals surface area contributed by atoms with E-state index in [4.69, 9.17) is 4.74 Å². The summed E-state index contributed by atoms with van der Waals surface area (Å²) in [5.74, 6) is -0.601. The minimum Gasteiger partial charge on any atom is -0.444 e. The van der Waals surface area contributed by atoms with Crippen LogP contribution in [-0.4, -0.2) is 46.0 Å². The maximum absolute atomic E-state index is 14.2. The average molecular weight is 488 g/mol. The second-order valence-electron chi connectivity index (χ2n) is 11.9. The zero-order chi connectivity index (χ0) is 26.7. The predicted octanol–water partition coefficient (Wildman–Crippen LogP) is 5.19. The number of alkyl carbamates (subject to hydrolysis) is 1. The Balaban J connectivity index is 2.54. The van der Waals surface area contributed by atoms with Gasteiger partial charge in [0, 0.05) is 11.6 Å². The van der Waals surface area contributed by atoms with Gasteiger partial charge in [-0.25, -0.2) is 4.79 Å². The van der Waals surface area contributed by atoms with E-state index in [0.29, 0.717) is 6.42 Å². The lowest BCUT2D eigenvalue weighted by Crippen LogP contribution is -2.57. The van der Waals surface area contributed by atoms with Crippen molar-refractivity contribution in [1.82, 2.24) is 15.5 Å². The van der Waals surface area contributed by atoms with Gasteiger partial charge in [0.05, 0.1) is 0 Å². The van der Waals surface area contributed by atoms with Gasteiger partial charge in [0.15, 0.2) is 0 Å². The molecule has 0 radical (unpaired) electrons. The minimum atomic E-state index is -0.800. The summed E-state index contributed by atoms with van der Waals surface area (Å²) < 4.78 is 5.46. The number of amides is 3. The Kier molecular flexibility index (Phi) is 9.01. The van der Waals surface area contributed by atoms with Crippen LogP contribution in [0.25, 0.3) is 0 Å². The quantitative estimate of drug-likeness (QED) is 0.528. The molecule has 0 aromatic heterocycles. The number of nitrogens with one attached hydrogen (secondary N) is 2. The molecule has 7 nitrogen and oxygen atoms in total. The summed E-state index contributed by atoms with van der Waals surface area (Å²) in [7, 11) is 0. The molecule has 35 heavy (non-hydrogen) atoms. The Bertz CT molecular complexity index is 925. The highest BCUT2D eigenvalue weighted by Gasteiger charge is 2.45. The van der Waals surface area contributed by atoms with Crippen LogP contribution < -0.4 is 10.6 Å². The van der Waals surface area contributed by atoms with Gasteiger partial charge in [-0.05, 0) is 90.8 Å². The van der Waals surface area contributed by atoms with Gasteiger partial charge >= 0.3 is 6.09 Å².